The topological polar surface area (TPSA) is 187 Å². The summed E-state index contributed by atoms with van der Waals surface area (Å²) in [5.41, 5.74) is 10.7. The molecule has 1 aliphatic carbocycles. The van der Waals surface area contributed by atoms with E-state index in [4.69, 9.17) is 27.4 Å². The Morgan fingerprint density at radius 3 is 1.19 bits per heavy atom. The zero-order chi connectivity index (χ0) is 37.1. The van der Waals surface area contributed by atoms with E-state index in [1.165, 1.54) is 77.6 Å². The number of amides is 1. The van der Waals surface area contributed by atoms with Gasteiger partial charge in [-0.1, -0.05) is 41.5 Å². The zero-order valence-electron chi connectivity index (χ0n) is 32.5. The van der Waals surface area contributed by atoms with Gasteiger partial charge in [-0.05, 0) is 106 Å². The summed E-state index contributed by atoms with van der Waals surface area (Å²) in [6, 6.07) is 0. The molecule has 11 heteroatoms. The lowest BCUT2D eigenvalue weighted by atomic mass is 10.1. The van der Waals surface area contributed by atoms with Crippen LogP contribution in [0.5, 0.6) is 0 Å². The number of nitrogens with one attached hydrogen (secondary N) is 4. The van der Waals surface area contributed by atoms with Crippen molar-refractivity contribution in [1.82, 2.24) is 14.7 Å². The third-order valence-corrected chi connectivity index (χ3v) is 6.15. The number of hydrogen-bond donors (Lipinski definition) is 6. The number of nitrogens with zero attached hydrogens (tertiary/aromatic N) is 4. The fourth-order valence-electron chi connectivity index (χ4n) is 3.60. The average molecular weight is 671 g/mol. The highest BCUT2D eigenvalue weighted by molar-refractivity contribution is 5.83. The van der Waals surface area contributed by atoms with Crippen molar-refractivity contribution in [2.24, 2.45) is 22.4 Å². The first-order valence-corrected chi connectivity index (χ1v) is 17.3. The summed E-state index contributed by atoms with van der Waals surface area (Å²) < 4.78 is 0. The maximum absolute atomic E-state index is 10.7. The van der Waals surface area contributed by atoms with Crippen LogP contribution in [0.4, 0.5) is 0 Å². The van der Waals surface area contributed by atoms with Gasteiger partial charge < -0.3 is 37.0 Å². The lowest BCUT2D eigenvalue weighted by Gasteiger charge is -2.27. The molecule has 1 saturated carbocycles. The first-order valence-electron chi connectivity index (χ1n) is 17.3. The third-order valence-electron chi connectivity index (χ3n) is 6.15. The highest BCUT2D eigenvalue weighted by atomic mass is 16.2. The Hall–Kier alpha value is -2.82. The maximum Gasteiger partial charge on any atom is 0.219 e. The van der Waals surface area contributed by atoms with Crippen molar-refractivity contribution in [3.63, 3.8) is 0 Å². The summed E-state index contributed by atoms with van der Waals surface area (Å²) in [5.74, 6) is 2.98. The smallest absolute Gasteiger partial charge is 0.219 e. The number of carbonyl (C=O) groups excluding carboxylic acids is 1. The molecule has 3 aliphatic heterocycles. The molecule has 8 N–H and O–H groups in total. The first-order chi connectivity index (χ1) is 21.6. The molecule has 0 aromatic rings. The number of rotatable bonds is 1. The van der Waals surface area contributed by atoms with Gasteiger partial charge in [0.05, 0.1) is 24.1 Å². The maximum atomic E-state index is 10.7. The number of piperidine rings is 2. The van der Waals surface area contributed by atoms with Gasteiger partial charge in [0.15, 0.2) is 0 Å². The van der Waals surface area contributed by atoms with Crippen molar-refractivity contribution in [3.05, 3.63) is 0 Å². The number of amidine groups is 3. The van der Waals surface area contributed by atoms with Gasteiger partial charge in [0.2, 0.25) is 5.91 Å². The van der Waals surface area contributed by atoms with Crippen LogP contribution in [0.25, 0.3) is 0 Å². The molecule has 11 nitrogen and oxygen atoms in total. The molecule has 47 heavy (non-hydrogen) atoms. The quantitative estimate of drug-likeness (QED) is 0.122. The second-order valence-corrected chi connectivity index (χ2v) is 11.4. The predicted molar refractivity (Wildman–Crippen MR) is 212 cm³/mol. The van der Waals surface area contributed by atoms with E-state index in [2.05, 4.69) is 41.4 Å². The van der Waals surface area contributed by atoms with Crippen LogP contribution in [0.1, 0.15) is 141 Å². The Morgan fingerprint density at radius 1 is 0.766 bits per heavy atom. The molecule has 0 bridgehead atoms. The molecule has 0 unspecified atom stereocenters. The van der Waals surface area contributed by atoms with Gasteiger partial charge >= 0.3 is 0 Å². The summed E-state index contributed by atoms with van der Waals surface area (Å²) in [5, 5.41) is 27.1. The number of carbonyl (C=O) groups is 1. The number of aliphatic imine (C=N–C) groups is 1. The van der Waals surface area contributed by atoms with Crippen LogP contribution in [-0.4, -0.2) is 103 Å². The largest absolute Gasteiger partial charge is 0.388 e. The Labute approximate surface area is 292 Å². The van der Waals surface area contributed by atoms with Crippen LogP contribution in [0, 0.1) is 27.6 Å². The van der Waals surface area contributed by atoms with Gasteiger partial charge in [-0.3, -0.25) is 20.6 Å². The highest BCUT2D eigenvalue weighted by Crippen LogP contribution is 2.29. The van der Waals surface area contributed by atoms with Crippen molar-refractivity contribution in [2.75, 3.05) is 53.4 Å². The average Bonchev–Trinajstić information content (AvgIpc) is 3.81. The van der Waals surface area contributed by atoms with E-state index in [-0.39, 0.29) is 19.2 Å². The molecular weight excluding hydrogens is 588 g/mol. The van der Waals surface area contributed by atoms with Crippen LogP contribution in [0.3, 0.4) is 0 Å². The number of nitrogens with two attached hydrogens (primary N) is 2. The van der Waals surface area contributed by atoms with E-state index >= 15 is 0 Å². The van der Waals surface area contributed by atoms with Gasteiger partial charge in [-0.15, -0.1) is 0 Å². The zero-order valence-corrected chi connectivity index (χ0v) is 32.5. The molecule has 0 spiro atoms. The SMILES string of the molecule is C.CC.CC(=N)C1CC1.CC(=N)N.CC(=N)N1CCCCC1.CC(=O)N1CCCCC1.CC(C)=N.CC1=NCCN1C.CCC.CN. The van der Waals surface area contributed by atoms with Crippen molar-refractivity contribution in [2.45, 2.75) is 141 Å². The lowest BCUT2D eigenvalue weighted by molar-refractivity contribution is -0.129. The fraction of sp³-hybridized carbons (Fsp3) is 0.833. The Morgan fingerprint density at radius 2 is 1.09 bits per heavy atom. The van der Waals surface area contributed by atoms with E-state index in [9.17, 15) is 4.79 Å². The molecule has 3 fully saturated rings. The van der Waals surface area contributed by atoms with Crippen molar-refractivity contribution < 1.29 is 4.79 Å². The first kappa shape index (κ1) is 56.5. The van der Waals surface area contributed by atoms with Crippen LogP contribution in [-0.2, 0) is 4.79 Å². The second-order valence-electron chi connectivity index (χ2n) is 11.4. The molecule has 3 heterocycles. The van der Waals surface area contributed by atoms with E-state index in [1.807, 2.05) is 39.5 Å². The minimum absolute atomic E-state index is 0. The molecule has 4 rings (SSSR count). The van der Waals surface area contributed by atoms with Crippen molar-refractivity contribution in [3.8, 4) is 0 Å². The Balaban J connectivity index is -0.000000105. The minimum Gasteiger partial charge on any atom is -0.388 e. The minimum atomic E-state index is 0. The van der Waals surface area contributed by atoms with E-state index < -0.39 is 0 Å². The van der Waals surface area contributed by atoms with Crippen LogP contribution < -0.4 is 11.5 Å². The Kier molecular flexibility index (Phi) is 49.5. The normalized spacial score (nSPS) is 15.0. The summed E-state index contributed by atoms with van der Waals surface area (Å²) in [6.45, 7) is 27.0. The summed E-state index contributed by atoms with van der Waals surface area (Å²) >= 11 is 0. The number of likely N-dealkylation sites (N-methyl/N-ethyl adjacent to an activating group) is 1. The van der Waals surface area contributed by atoms with Gasteiger partial charge in [-0.25, -0.2) is 0 Å². The van der Waals surface area contributed by atoms with Gasteiger partial charge in [0, 0.05) is 58.1 Å². The molecule has 0 aromatic heterocycles. The van der Waals surface area contributed by atoms with Crippen molar-refractivity contribution in [1.29, 1.82) is 21.6 Å². The molecular formula is C36H82N10O. The number of likely N-dealkylation sites (tertiary alicyclic amines) is 2. The monoisotopic (exact) mass is 671 g/mol. The second kappa shape index (κ2) is 41.2. The van der Waals surface area contributed by atoms with Gasteiger partial charge in [0.1, 0.15) is 0 Å². The highest BCUT2D eigenvalue weighted by Gasteiger charge is 2.22. The van der Waals surface area contributed by atoms with Crippen LogP contribution >= 0.6 is 0 Å². The summed E-state index contributed by atoms with van der Waals surface area (Å²) in [4.78, 5) is 21.1. The summed E-state index contributed by atoms with van der Waals surface area (Å²) in [6.07, 6.45) is 11.4. The van der Waals surface area contributed by atoms with E-state index in [0.29, 0.717) is 11.6 Å². The molecule has 0 atom stereocenters. The summed E-state index contributed by atoms with van der Waals surface area (Å²) in [7, 11) is 3.56. The molecule has 282 valence electrons. The van der Waals surface area contributed by atoms with E-state index in [0.717, 1.165) is 50.8 Å². The van der Waals surface area contributed by atoms with Gasteiger partial charge in [-0.2, -0.15) is 0 Å². The predicted octanol–water partition coefficient (Wildman–Crippen LogP) is 7.92. The van der Waals surface area contributed by atoms with Gasteiger partial charge in [0.25, 0.3) is 0 Å². The standard InChI is InChI=1S/C7H14N2.C7H13NO.C5H10N2.C5H9N.C3H7N.C3H8.C2H6N2.C2H6.CH5N.CH4/c1-7(8)9-5-3-2-4-6-9;1-7(9)8-5-3-2-4-6-8;1-5-6-3-4-7(5)2;1-4(6)5-2-3-5;1-3(2)4;1-3-2;1-2(3)4;2*1-2;/h8H,2-6H2,1H3;2-6H2,1H3;3-4H2,1-2H3;5-6H,2-3H2,1H3;4H,1-2H3;3H2,1-2H3;1H3,(H3,3,4);1-2H3;2H2,1H3;1H4. The van der Waals surface area contributed by atoms with Crippen LogP contribution in [0.2, 0.25) is 0 Å². The third kappa shape index (κ3) is 50.2. The van der Waals surface area contributed by atoms with Crippen LogP contribution in [0.15, 0.2) is 4.99 Å². The molecule has 4 aliphatic rings. The van der Waals surface area contributed by atoms with E-state index in [1.54, 1.807) is 20.8 Å². The molecule has 0 radical (unpaired) electrons. The fourth-order valence-corrected chi connectivity index (χ4v) is 3.60. The molecule has 2 saturated heterocycles. The van der Waals surface area contributed by atoms with Crippen molar-refractivity contribution >= 4 is 34.8 Å². The molecule has 1 amide bonds. The number of hydrogen-bond acceptors (Lipinski definition) is 8. The molecule has 0 aromatic carbocycles. The lowest BCUT2D eigenvalue weighted by Crippen LogP contribution is -2.33. The Bertz CT molecular complexity index is 735.